The summed E-state index contributed by atoms with van der Waals surface area (Å²) in [6.07, 6.45) is 0.285. The van der Waals surface area contributed by atoms with E-state index in [1.807, 2.05) is 0 Å². The Balaban J connectivity index is 1.83. The molecule has 20 heavy (non-hydrogen) atoms. The second kappa shape index (κ2) is 5.22. The minimum Gasteiger partial charge on any atom is -0.455 e. The Bertz CT molecular complexity index is 564. The summed E-state index contributed by atoms with van der Waals surface area (Å²) in [7, 11) is 0. The van der Waals surface area contributed by atoms with Crippen molar-refractivity contribution in [2.75, 3.05) is 11.9 Å². The Morgan fingerprint density at radius 3 is 2.65 bits per heavy atom. The Morgan fingerprint density at radius 2 is 2.10 bits per heavy atom. The van der Waals surface area contributed by atoms with Gasteiger partial charge >= 0.3 is 5.97 Å². The van der Waals surface area contributed by atoms with Gasteiger partial charge in [-0.3, -0.25) is 9.59 Å². The number of nitrogens with one attached hydrogen (secondary N) is 1. The lowest BCUT2D eigenvalue weighted by Crippen LogP contribution is -2.26. The van der Waals surface area contributed by atoms with Gasteiger partial charge in [-0.05, 0) is 25.1 Å². The lowest BCUT2D eigenvalue weighted by molar-refractivity contribution is -0.152. The third kappa shape index (κ3) is 3.04. The van der Waals surface area contributed by atoms with Crippen molar-refractivity contribution < 1.29 is 18.7 Å². The molecule has 0 unspecified atom stereocenters. The normalized spacial score (nSPS) is 23.0. The van der Waals surface area contributed by atoms with Crippen LogP contribution >= 0.6 is 23.2 Å². The number of rotatable bonds is 4. The van der Waals surface area contributed by atoms with Crippen LogP contribution in [0.15, 0.2) is 24.3 Å². The molecule has 0 saturated heterocycles. The van der Waals surface area contributed by atoms with Gasteiger partial charge < -0.3 is 10.1 Å². The molecule has 1 N–H and O–H groups in total. The van der Waals surface area contributed by atoms with Crippen LogP contribution in [0, 0.1) is 11.2 Å². The van der Waals surface area contributed by atoms with E-state index in [1.165, 1.54) is 18.2 Å². The number of alkyl halides is 2. The molecule has 1 fully saturated rings. The lowest BCUT2D eigenvalue weighted by Gasteiger charge is -2.11. The molecular weight excluding hydrogens is 308 g/mol. The van der Waals surface area contributed by atoms with Gasteiger partial charge in [0, 0.05) is 12.1 Å². The van der Waals surface area contributed by atoms with Crippen LogP contribution in [-0.4, -0.2) is 22.8 Å². The smallest absolute Gasteiger partial charge is 0.315 e. The van der Waals surface area contributed by atoms with Crippen molar-refractivity contribution in [1.29, 1.82) is 0 Å². The predicted octanol–water partition coefficient (Wildman–Crippen LogP) is 2.89. The van der Waals surface area contributed by atoms with Crippen molar-refractivity contribution in [2.45, 2.75) is 17.7 Å². The van der Waals surface area contributed by atoms with Gasteiger partial charge in [-0.2, -0.15) is 0 Å². The first-order chi connectivity index (χ1) is 9.24. The zero-order valence-corrected chi connectivity index (χ0v) is 12.1. The first kappa shape index (κ1) is 15.1. The highest BCUT2D eigenvalue weighted by atomic mass is 35.5. The second-order valence-corrected chi connectivity index (χ2v) is 6.33. The van der Waals surface area contributed by atoms with Crippen LogP contribution in [0.25, 0.3) is 0 Å². The van der Waals surface area contributed by atoms with Crippen molar-refractivity contribution in [3.8, 4) is 0 Å². The van der Waals surface area contributed by atoms with E-state index in [9.17, 15) is 14.0 Å². The lowest BCUT2D eigenvalue weighted by atomic mass is 10.1. The Kier molecular flexibility index (Phi) is 3.93. The maximum absolute atomic E-state index is 12.9. The first-order valence-corrected chi connectivity index (χ1v) is 6.61. The van der Waals surface area contributed by atoms with Gasteiger partial charge in [0.15, 0.2) is 6.61 Å². The molecule has 1 saturated carbocycles. The van der Waals surface area contributed by atoms with Crippen LogP contribution in [0.1, 0.15) is 13.3 Å². The number of carbonyl (C=O) groups is 2. The number of ether oxygens (including phenoxy) is 1. The summed E-state index contributed by atoms with van der Waals surface area (Å²) in [6, 6.07) is 5.39. The zero-order valence-electron chi connectivity index (χ0n) is 10.6. The van der Waals surface area contributed by atoms with E-state index >= 15 is 0 Å². The fourth-order valence-electron chi connectivity index (χ4n) is 1.68. The number of hydrogen-bond donors (Lipinski definition) is 1. The molecule has 1 aromatic carbocycles. The molecule has 1 atom stereocenters. The molecule has 0 heterocycles. The molecule has 1 aliphatic carbocycles. The van der Waals surface area contributed by atoms with Gasteiger partial charge in [-0.1, -0.05) is 6.07 Å². The fraction of sp³-hybridized carbons (Fsp3) is 0.385. The highest BCUT2D eigenvalue weighted by Crippen LogP contribution is 2.64. The average molecular weight is 320 g/mol. The average Bonchev–Trinajstić information content (AvgIpc) is 2.87. The quantitative estimate of drug-likeness (QED) is 0.685. The summed E-state index contributed by atoms with van der Waals surface area (Å²) in [4.78, 5) is 23.3. The van der Waals surface area contributed by atoms with E-state index in [4.69, 9.17) is 27.9 Å². The second-order valence-electron chi connectivity index (χ2n) is 4.85. The van der Waals surface area contributed by atoms with Crippen LogP contribution in [0.5, 0.6) is 0 Å². The Morgan fingerprint density at radius 1 is 1.45 bits per heavy atom. The van der Waals surface area contributed by atoms with Crippen molar-refractivity contribution in [3.05, 3.63) is 30.1 Å². The summed E-state index contributed by atoms with van der Waals surface area (Å²) in [5.41, 5.74) is -0.692. The minimum atomic E-state index is -1.14. The number of anilines is 1. The van der Waals surface area contributed by atoms with Crippen molar-refractivity contribution in [2.24, 2.45) is 5.41 Å². The van der Waals surface area contributed by atoms with E-state index in [0.29, 0.717) is 0 Å². The molecule has 0 bridgehead atoms. The maximum atomic E-state index is 12.9. The van der Waals surface area contributed by atoms with Crippen molar-refractivity contribution >= 4 is 40.8 Å². The van der Waals surface area contributed by atoms with Crippen molar-refractivity contribution in [1.82, 2.24) is 0 Å². The number of benzene rings is 1. The van der Waals surface area contributed by atoms with E-state index in [-0.39, 0.29) is 12.1 Å². The highest BCUT2D eigenvalue weighted by Gasteiger charge is 2.69. The summed E-state index contributed by atoms with van der Waals surface area (Å²) >= 11 is 11.7. The van der Waals surface area contributed by atoms with Crippen LogP contribution in [0.2, 0.25) is 0 Å². The van der Waals surface area contributed by atoms with Crippen LogP contribution in [-0.2, 0) is 14.3 Å². The Labute approximate surface area is 125 Å². The molecule has 7 heteroatoms. The van der Waals surface area contributed by atoms with E-state index < -0.39 is 34.0 Å². The molecule has 1 aromatic rings. The van der Waals surface area contributed by atoms with Gasteiger partial charge in [0.25, 0.3) is 5.91 Å². The predicted molar refractivity (Wildman–Crippen MR) is 73.1 cm³/mol. The monoisotopic (exact) mass is 319 g/mol. The number of halogens is 3. The molecule has 1 amide bonds. The first-order valence-electron chi connectivity index (χ1n) is 5.85. The van der Waals surface area contributed by atoms with Gasteiger partial charge in [0.2, 0.25) is 0 Å². The van der Waals surface area contributed by atoms with Gasteiger partial charge in [0.1, 0.15) is 15.6 Å². The number of carbonyl (C=O) groups excluding carboxylic acids is 2. The number of hydrogen-bond acceptors (Lipinski definition) is 3. The summed E-state index contributed by atoms with van der Waals surface area (Å²) < 4.78 is 16.6. The zero-order chi connectivity index (χ0) is 15.0. The van der Waals surface area contributed by atoms with E-state index in [2.05, 4.69) is 5.32 Å². The molecule has 0 aliphatic heterocycles. The third-order valence-corrected chi connectivity index (χ3v) is 4.25. The topological polar surface area (TPSA) is 55.4 Å². The third-order valence-electron chi connectivity index (χ3n) is 3.15. The number of esters is 1. The summed E-state index contributed by atoms with van der Waals surface area (Å²) in [5, 5.41) is 2.41. The fourth-order valence-corrected chi connectivity index (χ4v) is 2.36. The summed E-state index contributed by atoms with van der Waals surface area (Å²) in [5.74, 6) is -1.67. The molecular formula is C13H12Cl2FNO3. The molecule has 4 nitrogen and oxygen atoms in total. The van der Waals surface area contributed by atoms with Crippen molar-refractivity contribution in [3.63, 3.8) is 0 Å². The van der Waals surface area contributed by atoms with Gasteiger partial charge in [-0.25, -0.2) is 4.39 Å². The minimum absolute atomic E-state index is 0.285. The molecule has 108 valence electrons. The van der Waals surface area contributed by atoms with E-state index in [1.54, 1.807) is 6.92 Å². The van der Waals surface area contributed by atoms with Gasteiger partial charge in [0.05, 0.1) is 0 Å². The molecule has 0 spiro atoms. The largest absolute Gasteiger partial charge is 0.455 e. The molecule has 2 rings (SSSR count). The molecule has 0 aromatic heterocycles. The van der Waals surface area contributed by atoms with Crippen LogP contribution in [0.3, 0.4) is 0 Å². The van der Waals surface area contributed by atoms with Crippen LogP contribution < -0.4 is 5.32 Å². The van der Waals surface area contributed by atoms with Crippen LogP contribution in [0.4, 0.5) is 10.1 Å². The maximum Gasteiger partial charge on any atom is 0.315 e. The Hall–Kier alpha value is -1.33. The standard InChI is InChI=1S/C13H12Cl2FNO3/c1-12(7-13(12,14)15)11(19)20-6-10(18)17-9-4-2-3-8(16)5-9/h2-5H,6-7H2,1H3,(H,17,18)/t12-/m0/s1. The SMILES string of the molecule is C[C@@]1(C(=O)OCC(=O)Nc2cccc(F)c2)CC1(Cl)Cl. The number of amides is 1. The molecule has 0 radical (unpaired) electrons. The summed E-state index contributed by atoms with van der Waals surface area (Å²) in [6.45, 7) is 1.09. The highest BCUT2D eigenvalue weighted by molar-refractivity contribution is 6.53. The van der Waals surface area contributed by atoms with E-state index in [0.717, 1.165) is 6.07 Å². The molecule has 1 aliphatic rings. The van der Waals surface area contributed by atoms with Gasteiger partial charge in [-0.15, -0.1) is 23.2 Å².